The molecule has 4 atom stereocenters. The van der Waals surface area contributed by atoms with E-state index in [4.69, 9.17) is 16.6 Å². The normalized spacial score (nSPS) is 14.3. The van der Waals surface area contributed by atoms with E-state index in [1.54, 1.807) is 37.3 Å². The molecule has 1 aromatic carbocycles. The number of carbonyl (C=O) groups is 5. The largest absolute Gasteiger partial charge is 0.480 e. The smallest absolute Gasteiger partial charge is 0.322 e. The van der Waals surface area contributed by atoms with Gasteiger partial charge in [-0.3, -0.25) is 24.0 Å². The fourth-order valence-electron chi connectivity index (χ4n) is 3.00. The van der Waals surface area contributed by atoms with Crippen LogP contribution in [-0.2, 0) is 30.4 Å². The number of carboxylic acids is 1. The maximum absolute atomic E-state index is 13.1. The summed E-state index contributed by atoms with van der Waals surface area (Å²) in [7, 11) is 0. The van der Waals surface area contributed by atoms with Crippen LogP contribution in [0.5, 0.6) is 0 Å². The van der Waals surface area contributed by atoms with Crippen molar-refractivity contribution >= 4 is 29.6 Å². The minimum atomic E-state index is -1.22. The van der Waals surface area contributed by atoms with Gasteiger partial charge in [-0.25, -0.2) is 0 Å². The Balaban J connectivity index is 2.98. The third kappa shape index (κ3) is 10.1. The quantitative estimate of drug-likeness (QED) is 0.204. The Morgan fingerprint density at radius 3 is 2.18 bits per heavy atom. The number of primary amides is 1. The highest BCUT2D eigenvalue weighted by Gasteiger charge is 2.31. The fourth-order valence-corrected chi connectivity index (χ4v) is 3.00. The fraction of sp³-hybridized carbons (Fsp3) is 0.500. The standard InChI is InChI=1S/C22H33N5O6/c1-3-13(2)19(27-20(31)15(23)9-10-17(24)28)22(33)26-16(21(32)25-12-18(29)30)11-14-7-5-4-6-8-14/h4-8,13,15-16,19H,3,9-12,23H2,1-2H3,(H2,24,28)(H,25,32)(H,26,33)(H,27,31)(H,29,30). The van der Waals surface area contributed by atoms with E-state index in [0.717, 1.165) is 5.56 Å². The van der Waals surface area contributed by atoms with Gasteiger partial charge in [0.15, 0.2) is 0 Å². The van der Waals surface area contributed by atoms with Crippen molar-refractivity contribution in [3.63, 3.8) is 0 Å². The predicted octanol–water partition coefficient (Wildman–Crippen LogP) is -0.962. The summed E-state index contributed by atoms with van der Waals surface area (Å²) in [6, 6.07) is 5.81. The number of rotatable bonds is 14. The molecule has 0 aliphatic carbocycles. The zero-order valence-corrected chi connectivity index (χ0v) is 18.9. The zero-order valence-electron chi connectivity index (χ0n) is 18.9. The summed E-state index contributed by atoms with van der Waals surface area (Å²) < 4.78 is 0. The first-order chi connectivity index (χ1) is 15.5. The van der Waals surface area contributed by atoms with Gasteiger partial charge in [-0.1, -0.05) is 50.6 Å². The molecule has 4 amide bonds. The molecule has 0 fully saturated rings. The molecule has 4 unspecified atom stereocenters. The molecule has 0 saturated heterocycles. The van der Waals surface area contributed by atoms with Crippen LogP contribution in [0.2, 0.25) is 0 Å². The second-order valence-corrected chi connectivity index (χ2v) is 7.85. The van der Waals surface area contributed by atoms with Crippen molar-refractivity contribution in [2.45, 2.75) is 57.7 Å². The van der Waals surface area contributed by atoms with Crippen molar-refractivity contribution in [3.8, 4) is 0 Å². The molecular weight excluding hydrogens is 430 g/mol. The lowest BCUT2D eigenvalue weighted by molar-refractivity contribution is -0.138. The maximum Gasteiger partial charge on any atom is 0.322 e. The molecule has 0 aromatic heterocycles. The number of aliphatic carboxylic acids is 1. The van der Waals surface area contributed by atoms with E-state index in [1.165, 1.54) is 0 Å². The summed E-state index contributed by atoms with van der Waals surface area (Å²) in [5, 5.41) is 16.3. The van der Waals surface area contributed by atoms with Crippen molar-refractivity contribution in [1.29, 1.82) is 0 Å². The Hall–Kier alpha value is -3.47. The van der Waals surface area contributed by atoms with Crippen LogP contribution >= 0.6 is 0 Å². The van der Waals surface area contributed by atoms with Gasteiger partial charge in [0.05, 0.1) is 6.04 Å². The highest BCUT2D eigenvalue weighted by molar-refractivity contribution is 5.94. The molecule has 0 radical (unpaired) electrons. The monoisotopic (exact) mass is 463 g/mol. The average Bonchev–Trinajstić information content (AvgIpc) is 2.78. The number of hydrogen-bond acceptors (Lipinski definition) is 6. The van der Waals surface area contributed by atoms with E-state index in [1.807, 2.05) is 6.92 Å². The molecule has 0 aliphatic rings. The van der Waals surface area contributed by atoms with Crippen LogP contribution in [-0.4, -0.2) is 59.4 Å². The van der Waals surface area contributed by atoms with Crippen LogP contribution in [0.4, 0.5) is 0 Å². The van der Waals surface area contributed by atoms with Crippen molar-refractivity contribution in [2.75, 3.05) is 6.54 Å². The minimum absolute atomic E-state index is 0.0320. The minimum Gasteiger partial charge on any atom is -0.480 e. The van der Waals surface area contributed by atoms with Gasteiger partial charge in [-0.2, -0.15) is 0 Å². The Kier molecular flexibility index (Phi) is 11.6. The van der Waals surface area contributed by atoms with Gasteiger partial charge >= 0.3 is 5.97 Å². The number of nitrogens with two attached hydrogens (primary N) is 2. The van der Waals surface area contributed by atoms with Gasteiger partial charge < -0.3 is 32.5 Å². The Morgan fingerprint density at radius 2 is 1.64 bits per heavy atom. The van der Waals surface area contributed by atoms with E-state index in [-0.39, 0.29) is 25.2 Å². The van der Waals surface area contributed by atoms with E-state index >= 15 is 0 Å². The highest BCUT2D eigenvalue weighted by Crippen LogP contribution is 2.11. The summed E-state index contributed by atoms with van der Waals surface area (Å²) in [6.45, 7) is 3.00. The number of benzene rings is 1. The van der Waals surface area contributed by atoms with Crippen LogP contribution in [0, 0.1) is 5.92 Å². The average molecular weight is 464 g/mol. The highest BCUT2D eigenvalue weighted by atomic mass is 16.4. The lowest BCUT2D eigenvalue weighted by atomic mass is 9.96. The lowest BCUT2D eigenvalue weighted by Gasteiger charge is -2.27. The Morgan fingerprint density at radius 1 is 1.00 bits per heavy atom. The summed E-state index contributed by atoms with van der Waals surface area (Å²) in [4.78, 5) is 59.9. The zero-order chi connectivity index (χ0) is 25.0. The van der Waals surface area contributed by atoms with Crippen LogP contribution < -0.4 is 27.4 Å². The van der Waals surface area contributed by atoms with Crippen molar-refractivity contribution in [2.24, 2.45) is 17.4 Å². The summed E-state index contributed by atoms with van der Waals surface area (Å²) in [6.07, 6.45) is 0.628. The molecule has 0 spiro atoms. The Labute approximate surface area is 192 Å². The molecule has 11 heteroatoms. The first kappa shape index (κ1) is 27.6. The molecule has 0 heterocycles. The number of nitrogens with one attached hydrogen (secondary N) is 3. The molecule has 0 aliphatic heterocycles. The van der Waals surface area contributed by atoms with E-state index in [9.17, 15) is 24.0 Å². The number of hydrogen-bond donors (Lipinski definition) is 6. The van der Waals surface area contributed by atoms with Crippen LogP contribution in [0.1, 0.15) is 38.7 Å². The first-order valence-electron chi connectivity index (χ1n) is 10.7. The van der Waals surface area contributed by atoms with Gasteiger partial charge in [0.2, 0.25) is 23.6 Å². The number of carbonyl (C=O) groups excluding carboxylic acids is 4. The lowest BCUT2D eigenvalue weighted by Crippen LogP contribution is -2.58. The third-order valence-electron chi connectivity index (χ3n) is 5.16. The van der Waals surface area contributed by atoms with Gasteiger partial charge in [-0.15, -0.1) is 0 Å². The second kappa shape index (κ2) is 13.8. The van der Waals surface area contributed by atoms with Crippen molar-refractivity contribution in [1.82, 2.24) is 16.0 Å². The van der Waals surface area contributed by atoms with E-state index in [2.05, 4.69) is 16.0 Å². The molecule has 1 aromatic rings. The van der Waals surface area contributed by atoms with Crippen LogP contribution in [0.15, 0.2) is 30.3 Å². The van der Waals surface area contributed by atoms with Crippen molar-refractivity contribution < 1.29 is 29.1 Å². The molecule has 11 nitrogen and oxygen atoms in total. The van der Waals surface area contributed by atoms with E-state index in [0.29, 0.717) is 6.42 Å². The topological polar surface area (TPSA) is 194 Å². The molecule has 0 bridgehead atoms. The maximum atomic E-state index is 13.1. The SMILES string of the molecule is CCC(C)C(NC(=O)C(N)CCC(N)=O)C(=O)NC(Cc1ccccc1)C(=O)NCC(=O)O. The molecule has 0 saturated carbocycles. The van der Waals surface area contributed by atoms with Gasteiger partial charge in [0, 0.05) is 12.8 Å². The first-order valence-corrected chi connectivity index (χ1v) is 10.7. The second-order valence-electron chi connectivity index (χ2n) is 7.85. The third-order valence-corrected chi connectivity index (χ3v) is 5.16. The number of amides is 4. The molecule has 8 N–H and O–H groups in total. The van der Waals surface area contributed by atoms with Crippen molar-refractivity contribution in [3.05, 3.63) is 35.9 Å². The molecule has 182 valence electrons. The van der Waals surface area contributed by atoms with E-state index < -0.39 is 54.3 Å². The summed E-state index contributed by atoms with van der Waals surface area (Å²) in [5.74, 6) is -4.00. The van der Waals surface area contributed by atoms with Gasteiger partial charge in [-0.05, 0) is 17.9 Å². The molecule has 1 rings (SSSR count). The van der Waals surface area contributed by atoms with Crippen LogP contribution in [0.3, 0.4) is 0 Å². The predicted molar refractivity (Wildman–Crippen MR) is 121 cm³/mol. The van der Waals surface area contributed by atoms with Crippen LogP contribution in [0.25, 0.3) is 0 Å². The molecule has 33 heavy (non-hydrogen) atoms. The van der Waals surface area contributed by atoms with Gasteiger partial charge in [0.1, 0.15) is 18.6 Å². The van der Waals surface area contributed by atoms with Gasteiger partial charge in [0.25, 0.3) is 0 Å². The summed E-state index contributed by atoms with van der Waals surface area (Å²) >= 11 is 0. The number of carboxylic acid groups (broad SMARTS) is 1. The Bertz CT molecular complexity index is 832. The molecular formula is C22H33N5O6. The summed E-state index contributed by atoms with van der Waals surface area (Å²) in [5.41, 5.74) is 11.6.